The first-order valence-electron chi connectivity index (χ1n) is 5.68. The Labute approximate surface area is 109 Å². The number of ether oxygens (including phenoxy) is 2. The molecule has 0 aromatic heterocycles. The van der Waals surface area contributed by atoms with Gasteiger partial charge in [-0.2, -0.15) is 0 Å². The number of rotatable bonds is 3. The van der Waals surface area contributed by atoms with Gasteiger partial charge in [-0.1, -0.05) is 12.1 Å². The summed E-state index contributed by atoms with van der Waals surface area (Å²) in [6, 6.07) is 4.86. The van der Waals surface area contributed by atoms with Crippen LogP contribution in [0, 0.1) is 6.92 Å². The number of aryl methyl sites for hydroxylation is 1. The quantitative estimate of drug-likeness (QED) is 0.863. The number of carboxylic acids is 1. The van der Waals surface area contributed by atoms with Gasteiger partial charge >= 0.3 is 5.97 Å². The van der Waals surface area contributed by atoms with Crippen LogP contribution in [0.2, 0.25) is 0 Å². The van der Waals surface area contributed by atoms with Gasteiger partial charge in [0.15, 0.2) is 0 Å². The van der Waals surface area contributed by atoms with Crippen LogP contribution in [0.3, 0.4) is 0 Å². The summed E-state index contributed by atoms with van der Waals surface area (Å²) in [5.74, 6) is -1.60. The van der Waals surface area contributed by atoms with E-state index in [0.29, 0.717) is 18.8 Å². The van der Waals surface area contributed by atoms with E-state index in [9.17, 15) is 9.59 Å². The second kappa shape index (κ2) is 5.43. The number of amides is 1. The SMILES string of the molecule is Cc1cccc(NC(=O)C2=COCCO2)c1C(=O)O. The number of nitrogens with one attached hydrogen (secondary N) is 1. The van der Waals surface area contributed by atoms with E-state index in [0.717, 1.165) is 0 Å². The lowest BCUT2D eigenvalue weighted by molar-refractivity contribution is -0.117. The fourth-order valence-electron chi connectivity index (χ4n) is 1.73. The zero-order valence-electron chi connectivity index (χ0n) is 10.3. The lowest BCUT2D eigenvalue weighted by Crippen LogP contribution is -2.22. The summed E-state index contributed by atoms with van der Waals surface area (Å²) in [5, 5.41) is 11.7. The maximum atomic E-state index is 11.9. The fourth-order valence-corrected chi connectivity index (χ4v) is 1.73. The largest absolute Gasteiger partial charge is 0.494 e. The third-order valence-corrected chi connectivity index (χ3v) is 2.61. The minimum atomic E-state index is -1.09. The second-order valence-corrected chi connectivity index (χ2v) is 3.96. The second-order valence-electron chi connectivity index (χ2n) is 3.96. The molecule has 6 heteroatoms. The maximum absolute atomic E-state index is 11.9. The molecule has 0 unspecified atom stereocenters. The van der Waals surface area contributed by atoms with Crippen molar-refractivity contribution in [3.05, 3.63) is 41.3 Å². The van der Waals surface area contributed by atoms with Crippen molar-refractivity contribution in [3.63, 3.8) is 0 Å². The average molecular weight is 263 g/mol. The standard InChI is InChI=1S/C13H13NO5/c1-8-3-2-4-9(11(8)13(16)17)14-12(15)10-7-18-5-6-19-10/h2-4,7H,5-6H2,1H3,(H,14,15)(H,16,17). The van der Waals surface area contributed by atoms with E-state index in [1.165, 1.54) is 12.3 Å². The van der Waals surface area contributed by atoms with Crippen LogP contribution in [0.15, 0.2) is 30.2 Å². The highest BCUT2D eigenvalue weighted by Gasteiger charge is 2.19. The van der Waals surface area contributed by atoms with E-state index < -0.39 is 11.9 Å². The van der Waals surface area contributed by atoms with Gasteiger partial charge in [-0.15, -0.1) is 0 Å². The van der Waals surface area contributed by atoms with E-state index >= 15 is 0 Å². The van der Waals surface area contributed by atoms with E-state index in [1.807, 2.05) is 0 Å². The van der Waals surface area contributed by atoms with Crippen molar-refractivity contribution in [3.8, 4) is 0 Å². The molecule has 1 aliphatic heterocycles. The molecule has 0 saturated carbocycles. The summed E-state index contributed by atoms with van der Waals surface area (Å²) >= 11 is 0. The van der Waals surface area contributed by atoms with Gasteiger partial charge in [-0.05, 0) is 18.6 Å². The lowest BCUT2D eigenvalue weighted by Gasteiger charge is -2.16. The topological polar surface area (TPSA) is 84.9 Å². The summed E-state index contributed by atoms with van der Waals surface area (Å²) in [7, 11) is 0. The lowest BCUT2D eigenvalue weighted by atomic mass is 10.1. The first-order valence-corrected chi connectivity index (χ1v) is 5.68. The summed E-state index contributed by atoms with van der Waals surface area (Å²) in [4.78, 5) is 23.1. The number of anilines is 1. The maximum Gasteiger partial charge on any atom is 0.338 e. The Bertz CT molecular complexity index is 550. The number of aromatic carboxylic acids is 1. The van der Waals surface area contributed by atoms with Gasteiger partial charge < -0.3 is 19.9 Å². The van der Waals surface area contributed by atoms with Crippen LogP contribution < -0.4 is 5.32 Å². The van der Waals surface area contributed by atoms with Crippen LogP contribution in [0.25, 0.3) is 0 Å². The predicted molar refractivity (Wildman–Crippen MR) is 66.8 cm³/mol. The molecule has 0 saturated heterocycles. The third-order valence-electron chi connectivity index (χ3n) is 2.61. The Morgan fingerprint density at radius 1 is 1.32 bits per heavy atom. The van der Waals surface area contributed by atoms with Gasteiger partial charge in [0.25, 0.3) is 5.91 Å². The Morgan fingerprint density at radius 2 is 2.11 bits per heavy atom. The monoisotopic (exact) mass is 263 g/mol. The van der Waals surface area contributed by atoms with Crippen molar-refractivity contribution in [2.24, 2.45) is 0 Å². The van der Waals surface area contributed by atoms with Gasteiger partial charge in [0, 0.05) is 0 Å². The normalized spacial score (nSPS) is 13.8. The molecule has 2 N–H and O–H groups in total. The van der Waals surface area contributed by atoms with Crippen LogP contribution in [-0.4, -0.2) is 30.2 Å². The Kier molecular flexibility index (Phi) is 3.70. The molecule has 0 spiro atoms. The summed E-state index contributed by atoms with van der Waals surface area (Å²) < 4.78 is 10.1. The van der Waals surface area contributed by atoms with Crippen molar-refractivity contribution < 1.29 is 24.2 Å². The molecule has 0 atom stereocenters. The summed E-state index contributed by atoms with van der Waals surface area (Å²) in [5.41, 5.74) is 0.862. The predicted octanol–water partition coefficient (Wildman–Crippen LogP) is 1.52. The van der Waals surface area contributed by atoms with Crippen LogP contribution in [-0.2, 0) is 14.3 Å². The van der Waals surface area contributed by atoms with E-state index in [2.05, 4.69) is 5.32 Å². The molecule has 0 radical (unpaired) electrons. The fraction of sp³-hybridized carbons (Fsp3) is 0.231. The van der Waals surface area contributed by atoms with Crippen LogP contribution in [0.1, 0.15) is 15.9 Å². The summed E-state index contributed by atoms with van der Waals surface area (Å²) in [6.07, 6.45) is 1.22. The minimum absolute atomic E-state index is 0.0316. The number of carboxylic acid groups (broad SMARTS) is 1. The molecule has 0 fully saturated rings. The molecule has 6 nitrogen and oxygen atoms in total. The van der Waals surface area contributed by atoms with Gasteiger partial charge in [-0.3, -0.25) is 4.79 Å². The highest BCUT2D eigenvalue weighted by atomic mass is 16.6. The molecule has 1 aromatic carbocycles. The molecule has 1 heterocycles. The van der Waals surface area contributed by atoms with Gasteiger partial charge in [-0.25, -0.2) is 4.79 Å². The van der Waals surface area contributed by atoms with Crippen molar-refractivity contribution in [1.82, 2.24) is 0 Å². The first-order chi connectivity index (χ1) is 9.09. The highest BCUT2D eigenvalue weighted by Crippen LogP contribution is 2.20. The first kappa shape index (κ1) is 12.9. The van der Waals surface area contributed by atoms with Crippen LogP contribution >= 0.6 is 0 Å². The number of hydrogen-bond donors (Lipinski definition) is 2. The van der Waals surface area contributed by atoms with Crippen molar-refractivity contribution >= 4 is 17.6 Å². The van der Waals surface area contributed by atoms with E-state index in [4.69, 9.17) is 14.6 Å². The molecule has 1 amide bonds. The molecular weight excluding hydrogens is 250 g/mol. The Balaban J connectivity index is 2.24. The number of benzene rings is 1. The molecule has 0 bridgehead atoms. The zero-order valence-corrected chi connectivity index (χ0v) is 10.3. The smallest absolute Gasteiger partial charge is 0.338 e. The van der Waals surface area contributed by atoms with Crippen molar-refractivity contribution in [2.45, 2.75) is 6.92 Å². The molecule has 0 aliphatic carbocycles. The average Bonchev–Trinajstić information content (AvgIpc) is 2.39. The van der Waals surface area contributed by atoms with Crippen LogP contribution in [0.5, 0.6) is 0 Å². The zero-order chi connectivity index (χ0) is 13.8. The van der Waals surface area contributed by atoms with E-state index in [1.54, 1.807) is 19.1 Å². The number of hydrogen-bond acceptors (Lipinski definition) is 4. The van der Waals surface area contributed by atoms with Gasteiger partial charge in [0.2, 0.25) is 5.76 Å². The number of carbonyl (C=O) groups excluding carboxylic acids is 1. The highest BCUT2D eigenvalue weighted by molar-refractivity contribution is 6.06. The minimum Gasteiger partial charge on any atom is -0.494 e. The molecule has 100 valence electrons. The summed E-state index contributed by atoms with van der Waals surface area (Å²) in [6.45, 7) is 2.35. The number of carbonyl (C=O) groups is 2. The van der Waals surface area contributed by atoms with E-state index in [-0.39, 0.29) is 17.0 Å². The molecule has 1 aromatic rings. The van der Waals surface area contributed by atoms with Crippen molar-refractivity contribution in [1.29, 1.82) is 0 Å². The Morgan fingerprint density at radius 3 is 2.74 bits per heavy atom. The van der Waals surface area contributed by atoms with Crippen molar-refractivity contribution in [2.75, 3.05) is 18.5 Å². The Hall–Kier alpha value is -2.50. The van der Waals surface area contributed by atoms with Crippen LogP contribution in [0.4, 0.5) is 5.69 Å². The third kappa shape index (κ3) is 2.85. The molecule has 2 rings (SSSR count). The molecular formula is C13H13NO5. The van der Waals surface area contributed by atoms with Gasteiger partial charge in [0.1, 0.15) is 19.5 Å². The molecule has 1 aliphatic rings. The van der Waals surface area contributed by atoms with Gasteiger partial charge in [0.05, 0.1) is 11.3 Å². The molecule has 19 heavy (non-hydrogen) atoms.